The van der Waals surface area contributed by atoms with Crippen LogP contribution < -0.4 is 5.32 Å². The Bertz CT molecular complexity index is 448. The summed E-state index contributed by atoms with van der Waals surface area (Å²) in [5, 5.41) is 2.96. The minimum absolute atomic E-state index is 0.116. The molecule has 17 heavy (non-hydrogen) atoms. The maximum Gasteiger partial charge on any atom is 0.224 e. The third-order valence-corrected chi connectivity index (χ3v) is 3.35. The van der Waals surface area contributed by atoms with Gasteiger partial charge in [0.05, 0.1) is 0 Å². The van der Waals surface area contributed by atoms with Crippen LogP contribution in [0.4, 0.5) is 5.69 Å². The van der Waals surface area contributed by atoms with Crippen molar-refractivity contribution in [2.75, 3.05) is 5.32 Å². The molecule has 0 spiro atoms. The number of rotatable bonds is 3. The molecule has 2 heteroatoms. The molecule has 0 aromatic heterocycles. The molecule has 1 aromatic rings. The molecule has 0 aliphatic heterocycles. The summed E-state index contributed by atoms with van der Waals surface area (Å²) in [6, 6.07) is 6.03. The fraction of sp³-hybridized carbons (Fsp3) is 0.400. The van der Waals surface area contributed by atoms with E-state index >= 15 is 0 Å². The van der Waals surface area contributed by atoms with E-state index in [9.17, 15) is 4.79 Å². The fourth-order valence-electron chi connectivity index (χ4n) is 2.13. The first-order valence-corrected chi connectivity index (χ1v) is 6.19. The second-order valence-electron chi connectivity index (χ2n) is 4.82. The van der Waals surface area contributed by atoms with Crippen molar-refractivity contribution in [3.63, 3.8) is 0 Å². The van der Waals surface area contributed by atoms with Gasteiger partial charge >= 0.3 is 0 Å². The van der Waals surface area contributed by atoms with E-state index in [0.717, 1.165) is 18.5 Å². The Morgan fingerprint density at radius 1 is 1.35 bits per heavy atom. The van der Waals surface area contributed by atoms with Crippen LogP contribution in [0.1, 0.15) is 30.4 Å². The summed E-state index contributed by atoms with van der Waals surface area (Å²) in [7, 11) is 0. The molecule has 0 radical (unpaired) electrons. The number of allylic oxidation sites excluding steroid dienone is 2. The maximum atomic E-state index is 11.8. The Morgan fingerprint density at radius 3 is 2.82 bits per heavy atom. The first kappa shape index (κ1) is 11.9. The van der Waals surface area contributed by atoms with Crippen LogP contribution in [0.15, 0.2) is 30.4 Å². The third-order valence-electron chi connectivity index (χ3n) is 3.35. The molecule has 0 heterocycles. The topological polar surface area (TPSA) is 29.1 Å². The number of nitrogens with one attached hydrogen (secondary N) is 1. The molecule has 0 saturated carbocycles. The van der Waals surface area contributed by atoms with Crippen molar-refractivity contribution in [2.45, 2.75) is 33.1 Å². The Hall–Kier alpha value is -1.57. The van der Waals surface area contributed by atoms with Crippen LogP contribution in [0.25, 0.3) is 0 Å². The molecule has 1 aliphatic rings. The number of anilines is 1. The smallest absolute Gasteiger partial charge is 0.224 e. The number of benzene rings is 1. The van der Waals surface area contributed by atoms with Crippen molar-refractivity contribution in [2.24, 2.45) is 5.92 Å². The van der Waals surface area contributed by atoms with E-state index in [-0.39, 0.29) is 5.91 Å². The van der Waals surface area contributed by atoms with Crippen LogP contribution >= 0.6 is 0 Å². The molecule has 0 bridgehead atoms. The lowest BCUT2D eigenvalue weighted by molar-refractivity contribution is -0.116. The van der Waals surface area contributed by atoms with Gasteiger partial charge in [-0.2, -0.15) is 0 Å². The summed E-state index contributed by atoms with van der Waals surface area (Å²) in [5.41, 5.74) is 3.37. The highest BCUT2D eigenvalue weighted by Gasteiger charge is 2.13. The van der Waals surface area contributed by atoms with Gasteiger partial charge in [0.2, 0.25) is 5.91 Å². The predicted molar refractivity (Wildman–Crippen MR) is 71.0 cm³/mol. The van der Waals surface area contributed by atoms with Crippen molar-refractivity contribution >= 4 is 11.6 Å². The van der Waals surface area contributed by atoms with Gasteiger partial charge in [0.1, 0.15) is 0 Å². The summed E-state index contributed by atoms with van der Waals surface area (Å²) in [6.45, 7) is 4.13. The Labute approximate surface area is 103 Å². The molecule has 1 N–H and O–H groups in total. The van der Waals surface area contributed by atoms with Crippen molar-refractivity contribution in [3.8, 4) is 0 Å². The number of carbonyl (C=O) groups is 1. The SMILES string of the molecule is Cc1ccc(NC(=O)C[C@H]2C=CCC2)cc1C. The molecule has 2 nitrogen and oxygen atoms in total. The molecule has 1 amide bonds. The van der Waals surface area contributed by atoms with Gasteiger partial charge in [0.25, 0.3) is 0 Å². The highest BCUT2D eigenvalue weighted by atomic mass is 16.1. The lowest BCUT2D eigenvalue weighted by Gasteiger charge is -2.10. The quantitative estimate of drug-likeness (QED) is 0.788. The number of aryl methyl sites for hydroxylation is 2. The highest BCUT2D eigenvalue weighted by molar-refractivity contribution is 5.91. The van der Waals surface area contributed by atoms with E-state index in [4.69, 9.17) is 0 Å². The molecule has 0 unspecified atom stereocenters. The maximum absolute atomic E-state index is 11.8. The second kappa shape index (κ2) is 5.17. The number of hydrogen-bond acceptors (Lipinski definition) is 1. The van der Waals surface area contributed by atoms with E-state index in [1.54, 1.807) is 0 Å². The zero-order valence-electron chi connectivity index (χ0n) is 10.5. The molecular weight excluding hydrogens is 210 g/mol. The Balaban J connectivity index is 1.93. The lowest BCUT2D eigenvalue weighted by Crippen LogP contribution is -2.14. The Morgan fingerprint density at radius 2 is 2.18 bits per heavy atom. The average Bonchev–Trinajstić information content (AvgIpc) is 2.76. The first-order chi connectivity index (χ1) is 8.15. The van der Waals surface area contributed by atoms with Crippen molar-refractivity contribution in [1.82, 2.24) is 0 Å². The zero-order chi connectivity index (χ0) is 12.3. The van der Waals surface area contributed by atoms with Crippen LogP contribution in [0.2, 0.25) is 0 Å². The van der Waals surface area contributed by atoms with Crippen LogP contribution in [0.3, 0.4) is 0 Å². The first-order valence-electron chi connectivity index (χ1n) is 6.19. The van der Waals surface area contributed by atoms with E-state index in [1.165, 1.54) is 11.1 Å². The molecule has 1 aliphatic carbocycles. The molecule has 90 valence electrons. The Kier molecular flexibility index (Phi) is 3.62. The van der Waals surface area contributed by atoms with Crippen LogP contribution in [-0.4, -0.2) is 5.91 Å². The normalized spacial score (nSPS) is 18.4. The second-order valence-corrected chi connectivity index (χ2v) is 4.82. The van der Waals surface area contributed by atoms with Gasteiger partial charge in [-0.25, -0.2) is 0 Å². The van der Waals surface area contributed by atoms with Gasteiger partial charge in [-0.05, 0) is 55.9 Å². The lowest BCUT2D eigenvalue weighted by atomic mass is 10.0. The minimum atomic E-state index is 0.116. The summed E-state index contributed by atoms with van der Waals surface area (Å²) in [5.74, 6) is 0.548. The largest absolute Gasteiger partial charge is 0.326 e. The monoisotopic (exact) mass is 229 g/mol. The van der Waals surface area contributed by atoms with Crippen molar-refractivity contribution in [1.29, 1.82) is 0 Å². The number of carbonyl (C=O) groups excluding carboxylic acids is 1. The van der Waals surface area contributed by atoms with Crippen molar-refractivity contribution in [3.05, 3.63) is 41.5 Å². The zero-order valence-corrected chi connectivity index (χ0v) is 10.5. The van der Waals surface area contributed by atoms with Crippen LogP contribution in [0.5, 0.6) is 0 Å². The van der Waals surface area contributed by atoms with E-state index < -0.39 is 0 Å². The molecular formula is C15H19NO. The van der Waals surface area contributed by atoms with E-state index in [2.05, 4.69) is 31.3 Å². The molecule has 0 saturated heterocycles. The standard InChI is InChI=1S/C15H19NO/c1-11-7-8-14(9-12(11)2)16-15(17)10-13-5-3-4-6-13/h3,5,7-9,13H,4,6,10H2,1-2H3,(H,16,17)/t13-/m0/s1. The van der Waals surface area contributed by atoms with Gasteiger partial charge in [-0.3, -0.25) is 4.79 Å². The summed E-state index contributed by atoms with van der Waals surface area (Å²) >= 11 is 0. The number of hydrogen-bond donors (Lipinski definition) is 1. The van der Waals surface area contributed by atoms with Gasteiger partial charge in [-0.1, -0.05) is 18.2 Å². The summed E-state index contributed by atoms with van der Waals surface area (Å²) < 4.78 is 0. The number of amides is 1. The third kappa shape index (κ3) is 3.19. The molecule has 0 fully saturated rings. The van der Waals surface area contributed by atoms with Gasteiger partial charge in [0, 0.05) is 12.1 Å². The van der Waals surface area contributed by atoms with Gasteiger partial charge < -0.3 is 5.32 Å². The minimum Gasteiger partial charge on any atom is -0.326 e. The summed E-state index contributed by atoms with van der Waals surface area (Å²) in [4.78, 5) is 11.8. The molecule has 2 rings (SSSR count). The molecule has 1 aromatic carbocycles. The fourth-order valence-corrected chi connectivity index (χ4v) is 2.13. The average molecular weight is 229 g/mol. The van der Waals surface area contributed by atoms with Gasteiger partial charge in [0.15, 0.2) is 0 Å². The highest BCUT2D eigenvalue weighted by Crippen LogP contribution is 2.21. The molecule has 1 atom stereocenters. The van der Waals surface area contributed by atoms with Gasteiger partial charge in [-0.15, -0.1) is 0 Å². The van der Waals surface area contributed by atoms with Crippen LogP contribution in [-0.2, 0) is 4.79 Å². The summed E-state index contributed by atoms with van der Waals surface area (Å²) in [6.07, 6.45) is 7.14. The van der Waals surface area contributed by atoms with E-state index in [1.807, 2.05) is 18.2 Å². The van der Waals surface area contributed by atoms with Crippen molar-refractivity contribution < 1.29 is 4.79 Å². The predicted octanol–water partition coefficient (Wildman–Crippen LogP) is 3.60. The van der Waals surface area contributed by atoms with E-state index in [0.29, 0.717) is 12.3 Å². The van der Waals surface area contributed by atoms with Crippen LogP contribution in [0, 0.1) is 19.8 Å².